The molecule has 3 fully saturated rings. The lowest BCUT2D eigenvalue weighted by Crippen LogP contribution is -2.64. The normalized spacial score (nSPS) is 40.0. The van der Waals surface area contributed by atoms with Crippen LogP contribution in [0.5, 0.6) is 0 Å². The van der Waals surface area contributed by atoms with Gasteiger partial charge in [0.15, 0.2) is 14.1 Å². The van der Waals surface area contributed by atoms with E-state index in [0.717, 1.165) is 38.7 Å². The number of rotatable bonds is 7. The van der Waals surface area contributed by atoms with Crippen LogP contribution in [0.15, 0.2) is 34.4 Å². The summed E-state index contributed by atoms with van der Waals surface area (Å²) in [6.45, 7) is 32.5. The zero-order valence-corrected chi connectivity index (χ0v) is 35.4. The van der Waals surface area contributed by atoms with E-state index in [2.05, 4.69) is 94.5 Å². The van der Waals surface area contributed by atoms with Gasteiger partial charge in [0.05, 0.1) is 12.5 Å². The van der Waals surface area contributed by atoms with Crippen LogP contribution in [0.25, 0.3) is 0 Å². The molecule has 6 rings (SSSR count). The van der Waals surface area contributed by atoms with Gasteiger partial charge in [-0.05, 0) is 151 Å². The summed E-state index contributed by atoms with van der Waals surface area (Å²) >= 11 is 0. The smallest absolute Gasteiger partial charge is 0.309 e. The number of esters is 1. The summed E-state index contributed by atoms with van der Waals surface area (Å²) in [6.07, 6.45) is 16.8. The Hall–Kier alpha value is -1.46. The molecule has 280 valence electrons. The summed E-state index contributed by atoms with van der Waals surface area (Å²) in [5.74, 6) is 2.43. The van der Waals surface area contributed by atoms with Gasteiger partial charge in [-0.15, -0.1) is 0 Å². The number of hydrogen-bond donors (Lipinski definition) is 0. The van der Waals surface area contributed by atoms with Crippen molar-refractivity contribution in [2.75, 3.05) is 13.2 Å². The van der Waals surface area contributed by atoms with E-state index in [1.807, 2.05) is 6.92 Å². The molecule has 0 aliphatic heterocycles. The van der Waals surface area contributed by atoms with Crippen LogP contribution in [0.4, 0.5) is 0 Å². The van der Waals surface area contributed by atoms with Gasteiger partial charge in [-0.2, -0.15) is 0 Å². The minimum absolute atomic E-state index is 0.0110. The fourth-order valence-electron chi connectivity index (χ4n) is 13.1. The van der Waals surface area contributed by atoms with Gasteiger partial charge in [0.1, 0.15) is 0 Å². The number of ether oxygens (including phenoxy) is 1. The predicted octanol–water partition coefficient (Wildman–Crippen LogP) is 11.8. The maximum atomic E-state index is 14.1. The lowest BCUT2D eigenvalue weighted by Gasteiger charge is -2.71. The Morgan fingerprint density at radius 2 is 1.64 bits per heavy atom. The van der Waals surface area contributed by atoms with E-state index < -0.39 is 8.32 Å². The number of carbonyl (C=O) groups is 2. The van der Waals surface area contributed by atoms with Gasteiger partial charge in [0.25, 0.3) is 0 Å². The van der Waals surface area contributed by atoms with Crippen molar-refractivity contribution in [1.82, 2.24) is 0 Å². The molecule has 0 heterocycles. The molecule has 8 atom stereocenters. The zero-order chi connectivity index (χ0) is 36.9. The first kappa shape index (κ1) is 38.3. The first-order valence-electron chi connectivity index (χ1n) is 20.6. The highest BCUT2D eigenvalue weighted by Gasteiger charge is 2.69. The number of allylic oxidation sites excluding steroid dienone is 5. The molecular formula is C45H72O4Si. The van der Waals surface area contributed by atoms with Crippen LogP contribution in [0.1, 0.15) is 147 Å². The SMILES string of the molecule is CCOC(=O)C1CC=C(C2=CC[C@]3(C)[C@H]4CC[C@@H]5C6=C(C(C)C)C(=O)C[C@]6(CO[Si](C)(C)C(C)(C)C)CC[C@@]5(C)[C@]4(C)CC[C@H]3C2(C)C)CC1. The second-order valence-electron chi connectivity index (χ2n) is 21.0. The third kappa shape index (κ3) is 5.58. The average molecular weight is 705 g/mol. The van der Waals surface area contributed by atoms with Crippen molar-refractivity contribution in [3.05, 3.63) is 34.4 Å². The van der Waals surface area contributed by atoms with Gasteiger partial charge >= 0.3 is 5.97 Å². The van der Waals surface area contributed by atoms with Crippen LogP contribution in [0.3, 0.4) is 0 Å². The quantitative estimate of drug-likeness (QED) is 0.196. The molecule has 50 heavy (non-hydrogen) atoms. The number of ketones is 1. The van der Waals surface area contributed by atoms with Gasteiger partial charge in [0, 0.05) is 18.4 Å². The average Bonchev–Trinajstić information content (AvgIpc) is 3.32. The summed E-state index contributed by atoms with van der Waals surface area (Å²) in [7, 11) is -1.97. The van der Waals surface area contributed by atoms with Crippen molar-refractivity contribution in [2.45, 2.75) is 165 Å². The summed E-state index contributed by atoms with van der Waals surface area (Å²) in [5, 5.41) is 0.153. The summed E-state index contributed by atoms with van der Waals surface area (Å²) in [6, 6.07) is 0. The van der Waals surface area contributed by atoms with Crippen LogP contribution < -0.4 is 0 Å². The van der Waals surface area contributed by atoms with E-state index in [-0.39, 0.29) is 49.9 Å². The molecule has 3 saturated carbocycles. The Kier molecular flexibility index (Phi) is 9.61. The second kappa shape index (κ2) is 12.6. The Balaban J connectivity index is 1.32. The Bertz CT molecular complexity index is 1490. The maximum Gasteiger partial charge on any atom is 0.309 e. The fourth-order valence-corrected chi connectivity index (χ4v) is 14.2. The molecule has 1 unspecified atom stereocenters. The molecule has 0 aromatic carbocycles. The zero-order valence-electron chi connectivity index (χ0n) is 34.4. The summed E-state index contributed by atoms with van der Waals surface area (Å²) < 4.78 is 12.4. The molecule has 0 N–H and O–H groups in total. The highest BCUT2D eigenvalue weighted by Crippen LogP contribution is 2.77. The van der Waals surface area contributed by atoms with Crippen molar-refractivity contribution in [1.29, 1.82) is 0 Å². The van der Waals surface area contributed by atoms with Gasteiger partial charge in [-0.25, -0.2) is 0 Å². The fraction of sp³-hybridized carbons (Fsp3) is 0.822. The van der Waals surface area contributed by atoms with Gasteiger partial charge in [-0.3, -0.25) is 9.59 Å². The highest BCUT2D eigenvalue weighted by atomic mass is 28.4. The maximum absolute atomic E-state index is 14.1. The van der Waals surface area contributed by atoms with Crippen LogP contribution in [0, 0.1) is 56.7 Å². The monoisotopic (exact) mass is 705 g/mol. The molecule has 0 spiro atoms. The number of fused-ring (bicyclic) bond motifs is 7. The molecule has 6 aliphatic rings. The van der Waals surface area contributed by atoms with Gasteiger partial charge < -0.3 is 9.16 Å². The van der Waals surface area contributed by atoms with Crippen molar-refractivity contribution in [2.24, 2.45) is 56.7 Å². The van der Waals surface area contributed by atoms with Crippen LogP contribution in [0.2, 0.25) is 18.1 Å². The van der Waals surface area contributed by atoms with Crippen molar-refractivity contribution < 1.29 is 18.8 Å². The Labute approximate surface area is 307 Å². The summed E-state index contributed by atoms with van der Waals surface area (Å²) in [5.41, 5.74) is 6.41. The van der Waals surface area contributed by atoms with Crippen LogP contribution in [-0.4, -0.2) is 33.3 Å². The van der Waals surface area contributed by atoms with E-state index in [9.17, 15) is 9.59 Å². The standard InChI is InChI=1S/C45H72O4Si/c1-14-48-39(47)31-17-15-30(16-18-31)32-21-23-42(9)35(41(32,7)8)22-24-44(11)36(42)20-19-33-38-37(29(2)3)34(46)27-45(38,26-25-43(33,44)10)28-49-50(12,13)40(4,5)6/h15,21,29,31,33,35-36H,14,16-20,22-28H2,1-13H3/t31?,33-,35+,36-,42+,43-,44-,45+/m1/s1. The van der Waals surface area contributed by atoms with E-state index >= 15 is 0 Å². The molecule has 4 nitrogen and oxygen atoms in total. The predicted molar refractivity (Wildman–Crippen MR) is 208 cm³/mol. The molecule has 0 saturated heterocycles. The van der Waals surface area contributed by atoms with Gasteiger partial charge in [-0.1, -0.05) is 87.0 Å². The third-order valence-electron chi connectivity index (χ3n) is 17.0. The summed E-state index contributed by atoms with van der Waals surface area (Å²) in [4.78, 5) is 26.6. The highest BCUT2D eigenvalue weighted by molar-refractivity contribution is 6.74. The molecule has 0 radical (unpaired) electrons. The van der Waals surface area contributed by atoms with Crippen LogP contribution in [-0.2, 0) is 18.8 Å². The lowest BCUT2D eigenvalue weighted by molar-refractivity contribution is -0.199. The first-order valence-corrected chi connectivity index (χ1v) is 23.5. The topological polar surface area (TPSA) is 52.6 Å². The van der Waals surface area contributed by atoms with E-state index in [1.165, 1.54) is 43.3 Å². The van der Waals surface area contributed by atoms with E-state index in [4.69, 9.17) is 9.16 Å². The van der Waals surface area contributed by atoms with Crippen molar-refractivity contribution in [3.8, 4) is 0 Å². The van der Waals surface area contributed by atoms with Crippen molar-refractivity contribution in [3.63, 3.8) is 0 Å². The molecule has 0 aromatic heterocycles. The first-order chi connectivity index (χ1) is 23.1. The molecule has 5 heteroatoms. The van der Waals surface area contributed by atoms with E-state index in [1.54, 1.807) is 11.1 Å². The van der Waals surface area contributed by atoms with Crippen molar-refractivity contribution >= 4 is 20.1 Å². The lowest BCUT2D eigenvalue weighted by atomic mass is 9.33. The van der Waals surface area contributed by atoms with Crippen LogP contribution >= 0.6 is 0 Å². The largest absolute Gasteiger partial charge is 0.466 e. The number of hydrogen-bond acceptors (Lipinski definition) is 4. The minimum atomic E-state index is -1.97. The van der Waals surface area contributed by atoms with Gasteiger partial charge in [0.2, 0.25) is 0 Å². The van der Waals surface area contributed by atoms with E-state index in [0.29, 0.717) is 36.6 Å². The Morgan fingerprint density at radius 1 is 0.940 bits per heavy atom. The molecular weight excluding hydrogens is 633 g/mol. The molecule has 0 bridgehead atoms. The second-order valence-corrected chi connectivity index (χ2v) is 25.8. The number of Topliss-reactive ketones (excluding diaryl/α,β-unsaturated/α-hetero) is 1. The Morgan fingerprint density at radius 3 is 2.24 bits per heavy atom. The third-order valence-corrected chi connectivity index (χ3v) is 21.5. The molecule has 6 aliphatic carbocycles. The molecule has 0 aromatic rings. The molecule has 0 amide bonds. The minimum Gasteiger partial charge on any atom is -0.466 e. The number of carbonyl (C=O) groups excluding carboxylic acids is 2.